The van der Waals surface area contributed by atoms with Crippen LogP contribution in [0.15, 0.2) is 42.5 Å². The predicted octanol–water partition coefficient (Wildman–Crippen LogP) is 4.33. The number of nitro groups is 1. The smallest absolute Gasteiger partial charge is 0.423 e. The number of nitrogens with zero attached hydrogens (tertiary/aromatic N) is 1. The summed E-state index contributed by atoms with van der Waals surface area (Å²) in [5.74, 6) is -0.610. The fourth-order valence-corrected chi connectivity index (χ4v) is 1.74. The van der Waals surface area contributed by atoms with Gasteiger partial charge in [-0.1, -0.05) is 12.1 Å². The van der Waals surface area contributed by atoms with Crippen molar-refractivity contribution >= 4 is 5.69 Å². The van der Waals surface area contributed by atoms with Crippen LogP contribution in [0.1, 0.15) is 11.1 Å². The molecular weight excluding hydrogens is 306 g/mol. The Kier molecular flexibility index (Phi) is 4.30. The Labute approximate surface area is 122 Å². The topological polar surface area (TPSA) is 52.4 Å². The van der Waals surface area contributed by atoms with E-state index in [0.717, 1.165) is 12.1 Å². The second-order valence-corrected chi connectivity index (χ2v) is 4.35. The average molecular weight is 315 g/mol. The summed E-state index contributed by atoms with van der Waals surface area (Å²) >= 11 is 0. The van der Waals surface area contributed by atoms with Gasteiger partial charge in [0.1, 0.15) is 23.7 Å². The van der Waals surface area contributed by atoms with E-state index in [-0.39, 0.29) is 12.4 Å². The summed E-state index contributed by atoms with van der Waals surface area (Å²) in [4.78, 5) is 9.52. The molecule has 0 bridgehead atoms. The van der Waals surface area contributed by atoms with E-state index in [1.165, 1.54) is 24.3 Å². The standard InChI is InChI=1S/C14H9F4NO3/c15-10-3-1-9(2-4-10)8-22-11-5-6-13(19(20)21)12(7-11)14(16,17)18/h1-7H,8H2. The molecule has 8 heteroatoms. The lowest BCUT2D eigenvalue weighted by molar-refractivity contribution is -0.388. The van der Waals surface area contributed by atoms with E-state index in [2.05, 4.69) is 0 Å². The summed E-state index contributed by atoms with van der Waals surface area (Å²) in [5.41, 5.74) is -1.87. The second-order valence-electron chi connectivity index (χ2n) is 4.35. The molecule has 0 amide bonds. The molecule has 4 nitrogen and oxygen atoms in total. The van der Waals surface area contributed by atoms with E-state index in [1.54, 1.807) is 0 Å². The largest absolute Gasteiger partial charge is 0.489 e. The molecular formula is C14H9F4NO3. The molecule has 22 heavy (non-hydrogen) atoms. The summed E-state index contributed by atoms with van der Waals surface area (Å²) in [6, 6.07) is 7.61. The molecule has 0 radical (unpaired) electrons. The van der Waals surface area contributed by atoms with Crippen molar-refractivity contribution in [1.29, 1.82) is 0 Å². The number of hydrogen-bond donors (Lipinski definition) is 0. The molecule has 0 fully saturated rings. The number of nitro benzene ring substituents is 1. The molecule has 0 heterocycles. The Balaban J connectivity index is 2.21. The highest BCUT2D eigenvalue weighted by atomic mass is 19.4. The van der Waals surface area contributed by atoms with E-state index in [1.807, 2.05) is 0 Å². The normalized spacial score (nSPS) is 11.3. The van der Waals surface area contributed by atoms with Crippen LogP contribution >= 0.6 is 0 Å². The van der Waals surface area contributed by atoms with Crippen molar-refractivity contribution < 1.29 is 27.2 Å². The van der Waals surface area contributed by atoms with Gasteiger partial charge in [-0.3, -0.25) is 10.1 Å². The molecule has 0 spiro atoms. The van der Waals surface area contributed by atoms with Crippen molar-refractivity contribution in [2.24, 2.45) is 0 Å². The van der Waals surface area contributed by atoms with Gasteiger partial charge < -0.3 is 4.74 Å². The van der Waals surface area contributed by atoms with Crippen LogP contribution in [0.3, 0.4) is 0 Å². The molecule has 2 aromatic carbocycles. The van der Waals surface area contributed by atoms with Crippen molar-refractivity contribution in [2.75, 3.05) is 0 Å². The van der Waals surface area contributed by atoms with Gasteiger partial charge in [-0.2, -0.15) is 13.2 Å². The Morgan fingerprint density at radius 3 is 2.27 bits per heavy atom. The van der Waals surface area contributed by atoms with Crippen LogP contribution in [0.5, 0.6) is 5.75 Å². The van der Waals surface area contributed by atoms with E-state index >= 15 is 0 Å². The zero-order valence-corrected chi connectivity index (χ0v) is 10.9. The average Bonchev–Trinajstić information content (AvgIpc) is 2.45. The lowest BCUT2D eigenvalue weighted by Crippen LogP contribution is -2.09. The highest BCUT2D eigenvalue weighted by Gasteiger charge is 2.38. The van der Waals surface area contributed by atoms with Crippen molar-refractivity contribution in [3.05, 3.63) is 69.5 Å². The first-order valence-corrected chi connectivity index (χ1v) is 6.00. The number of halogens is 4. The van der Waals surface area contributed by atoms with Gasteiger partial charge in [-0.05, 0) is 29.8 Å². The third-order valence-electron chi connectivity index (χ3n) is 2.79. The van der Waals surface area contributed by atoms with Crippen molar-refractivity contribution in [3.63, 3.8) is 0 Å². The molecule has 0 aliphatic carbocycles. The number of alkyl halides is 3. The van der Waals surface area contributed by atoms with E-state index in [4.69, 9.17) is 4.74 Å². The fourth-order valence-electron chi connectivity index (χ4n) is 1.74. The molecule has 0 unspecified atom stereocenters. The monoisotopic (exact) mass is 315 g/mol. The Morgan fingerprint density at radius 2 is 1.73 bits per heavy atom. The molecule has 2 aromatic rings. The first-order chi connectivity index (χ1) is 10.3. The Hall–Kier alpha value is -2.64. The van der Waals surface area contributed by atoms with Crippen LogP contribution in [0, 0.1) is 15.9 Å². The maximum atomic E-state index is 12.8. The van der Waals surface area contributed by atoms with E-state index in [0.29, 0.717) is 11.6 Å². The summed E-state index contributed by atoms with van der Waals surface area (Å²) < 4.78 is 56.3. The molecule has 116 valence electrons. The first-order valence-electron chi connectivity index (χ1n) is 6.00. The van der Waals surface area contributed by atoms with Gasteiger partial charge in [0.25, 0.3) is 5.69 Å². The van der Waals surface area contributed by atoms with Gasteiger partial charge in [-0.15, -0.1) is 0 Å². The molecule has 0 aliphatic rings. The Bertz CT molecular complexity index is 683. The van der Waals surface area contributed by atoms with Gasteiger partial charge in [0.2, 0.25) is 0 Å². The maximum Gasteiger partial charge on any atom is 0.423 e. The summed E-state index contributed by atoms with van der Waals surface area (Å²) in [5, 5.41) is 10.6. The van der Waals surface area contributed by atoms with Crippen molar-refractivity contribution in [3.8, 4) is 5.75 Å². The van der Waals surface area contributed by atoms with E-state index < -0.39 is 28.2 Å². The number of ether oxygens (including phenoxy) is 1. The predicted molar refractivity (Wildman–Crippen MR) is 68.8 cm³/mol. The number of benzene rings is 2. The molecule has 0 saturated carbocycles. The lowest BCUT2D eigenvalue weighted by Gasteiger charge is -2.11. The second kappa shape index (κ2) is 6.00. The third-order valence-corrected chi connectivity index (χ3v) is 2.79. The molecule has 0 atom stereocenters. The van der Waals surface area contributed by atoms with Crippen LogP contribution in [0.2, 0.25) is 0 Å². The van der Waals surface area contributed by atoms with Crippen molar-refractivity contribution in [1.82, 2.24) is 0 Å². The van der Waals surface area contributed by atoms with Gasteiger partial charge in [0.05, 0.1) is 4.92 Å². The number of rotatable bonds is 4. The zero-order chi connectivity index (χ0) is 16.3. The SMILES string of the molecule is O=[N+]([O-])c1ccc(OCc2ccc(F)cc2)cc1C(F)(F)F. The minimum absolute atomic E-state index is 0.0879. The quantitative estimate of drug-likeness (QED) is 0.479. The van der Waals surface area contributed by atoms with Gasteiger partial charge in [-0.25, -0.2) is 4.39 Å². The first kappa shape index (κ1) is 15.7. The molecule has 2 rings (SSSR count). The van der Waals surface area contributed by atoms with Gasteiger partial charge in [0.15, 0.2) is 0 Å². The molecule has 0 aromatic heterocycles. The highest BCUT2D eigenvalue weighted by molar-refractivity contribution is 5.47. The fraction of sp³-hybridized carbons (Fsp3) is 0.143. The minimum Gasteiger partial charge on any atom is -0.489 e. The summed E-state index contributed by atoms with van der Waals surface area (Å²) in [7, 11) is 0. The van der Waals surface area contributed by atoms with Crippen LogP contribution < -0.4 is 4.74 Å². The van der Waals surface area contributed by atoms with Crippen LogP contribution in [0.4, 0.5) is 23.2 Å². The lowest BCUT2D eigenvalue weighted by atomic mass is 10.1. The maximum absolute atomic E-state index is 12.8. The third kappa shape index (κ3) is 3.72. The Morgan fingerprint density at radius 1 is 1.09 bits per heavy atom. The minimum atomic E-state index is -4.86. The highest BCUT2D eigenvalue weighted by Crippen LogP contribution is 2.38. The zero-order valence-electron chi connectivity index (χ0n) is 10.9. The van der Waals surface area contributed by atoms with Crippen molar-refractivity contribution in [2.45, 2.75) is 12.8 Å². The van der Waals surface area contributed by atoms with Crippen LogP contribution in [-0.2, 0) is 12.8 Å². The summed E-state index contributed by atoms with van der Waals surface area (Å²) in [6.07, 6.45) is -4.86. The summed E-state index contributed by atoms with van der Waals surface area (Å²) in [6.45, 7) is -0.0879. The molecule has 0 aliphatic heterocycles. The van der Waals surface area contributed by atoms with Crippen LogP contribution in [-0.4, -0.2) is 4.92 Å². The van der Waals surface area contributed by atoms with Crippen LogP contribution in [0.25, 0.3) is 0 Å². The van der Waals surface area contributed by atoms with Gasteiger partial charge in [0, 0.05) is 6.07 Å². The number of hydrogen-bond acceptors (Lipinski definition) is 3. The van der Waals surface area contributed by atoms with E-state index in [9.17, 15) is 27.7 Å². The molecule has 0 N–H and O–H groups in total. The molecule has 0 saturated heterocycles. The van der Waals surface area contributed by atoms with Gasteiger partial charge >= 0.3 is 6.18 Å².